The Labute approximate surface area is 195 Å². The standard InChI is InChI=1S/C23H35FN8O/c1-3-31-11-7-10-17(31)15-32(20-12-18(24)19(33-2)14-26-20)23-29-21(25)28-22(30-23)27-13-16-8-5-4-6-9-16/h12,14,16-17H,3-11,13,15H2,1-2H3,(H3,25,27,28,29,30). The Balaban J connectivity index is 1.61. The van der Waals surface area contributed by atoms with E-state index in [-0.39, 0.29) is 11.7 Å². The van der Waals surface area contributed by atoms with Crippen molar-refractivity contribution in [3.8, 4) is 5.75 Å². The van der Waals surface area contributed by atoms with Crippen molar-refractivity contribution in [2.75, 3.05) is 49.2 Å². The molecule has 0 spiro atoms. The summed E-state index contributed by atoms with van der Waals surface area (Å²) in [7, 11) is 1.42. The lowest BCUT2D eigenvalue weighted by atomic mass is 9.89. The van der Waals surface area contributed by atoms with Crippen LogP contribution in [0.25, 0.3) is 0 Å². The van der Waals surface area contributed by atoms with Crippen molar-refractivity contribution in [3.63, 3.8) is 0 Å². The lowest BCUT2D eigenvalue weighted by Crippen LogP contribution is -2.39. The first-order chi connectivity index (χ1) is 16.1. The third-order valence-corrected chi connectivity index (χ3v) is 6.76. The molecule has 10 heteroatoms. The number of hydrogen-bond acceptors (Lipinski definition) is 9. The number of nitrogen functional groups attached to an aromatic ring is 1. The van der Waals surface area contributed by atoms with Gasteiger partial charge in [-0.1, -0.05) is 26.2 Å². The number of nitrogens with zero attached hydrogens (tertiary/aromatic N) is 6. The first kappa shape index (κ1) is 23.4. The predicted octanol–water partition coefficient (Wildman–Crippen LogP) is 3.61. The zero-order valence-electron chi connectivity index (χ0n) is 19.6. The first-order valence-electron chi connectivity index (χ1n) is 12.0. The second-order valence-corrected chi connectivity index (χ2v) is 8.91. The Morgan fingerprint density at radius 2 is 2.00 bits per heavy atom. The molecular formula is C23H35FN8O. The van der Waals surface area contributed by atoms with Gasteiger partial charge in [-0.25, -0.2) is 9.37 Å². The van der Waals surface area contributed by atoms with Crippen molar-refractivity contribution in [1.29, 1.82) is 0 Å². The molecule has 1 saturated heterocycles. The molecule has 2 aromatic rings. The highest BCUT2D eigenvalue weighted by molar-refractivity contribution is 5.56. The highest BCUT2D eigenvalue weighted by Gasteiger charge is 2.28. The van der Waals surface area contributed by atoms with Gasteiger partial charge in [-0.2, -0.15) is 15.0 Å². The summed E-state index contributed by atoms with van der Waals surface area (Å²) < 4.78 is 19.6. The summed E-state index contributed by atoms with van der Waals surface area (Å²) in [6, 6.07) is 1.65. The summed E-state index contributed by atoms with van der Waals surface area (Å²) in [6.07, 6.45) is 9.86. The number of anilines is 4. The van der Waals surface area contributed by atoms with Gasteiger partial charge in [0.25, 0.3) is 0 Å². The fourth-order valence-corrected chi connectivity index (χ4v) is 4.92. The van der Waals surface area contributed by atoms with E-state index in [1.807, 2.05) is 4.90 Å². The van der Waals surface area contributed by atoms with Crippen LogP contribution >= 0.6 is 0 Å². The molecule has 1 aliphatic heterocycles. The summed E-state index contributed by atoms with van der Waals surface area (Å²) in [5, 5.41) is 3.35. The van der Waals surface area contributed by atoms with Crippen LogP contribution in [-0.4, -0.2) is 64.2 Å². The average Bonchev–Trinajstić information content (AvgIpc) is 3.29. The lowest BCUT2D eigenvalue weighted by molar-refractivity contribution is 0.271. The van der Waals surface area contributed by atoms with E-state index in [1.54, 1.807) is 0 Å². The van der Waals surface area contributed by atoms with Crippen LogP contribution in [0.3, 0.4) is 0 Å². The van der Waals surface area contributed by atoms with Crippen LogP contribution in [0.2, 0.25) is 0 Å². The number of nitrogens with two attached hydrogens (primary N) is 1. The quantitative estimate of drug-likeness (QED) is 0.583. The zero-order valence-corrected chi connectivity index (χ0v) is 19.6. The maximum absolute atomic E-state index is 14.6. The number of rotatable bonds is 9. The molecule has 4 rings (SSSR count). The van der Waals surface area contributed by atoms with Crippen LogP contribution < -0.4 is 20.7 Å². The second-order valence-electron chi connectivity index (χ2n) is 8.91. The zero-order chi connectivity index (χ0) is 23.2. The van der Waals surface area contributed by atoms with Gasteiger partial charge < -0.3 is 15.8 Å². The van der Waals surface area contributed by atoms with Gasteiger partial charge >= 0.3 is 0 Å². The number of ether oxygens (including phenoxy) is 1. The van der Waals surface area contributed by atoms with Crippen molar-refractivity contribution in [3.05, 3.63) is 18.1 Å². The topological polar surface area (TPSA) is 105 Å². The van der Waals surface area contributed by atoms with Crippen LogP contribution in [-0.2, 0) is 0 Å². The predicted molar refractivity (Wildman–Crippen MR) is 127 cm³/mol. The van der Waals surface area contributed by atoms with E-state index in [0.717, 1.165) is 32.5 Å². The number of aromatic nitrogens is 4. The van der Waals surface area contributed by atoms with E-state index in [1.165, 1.54) is 51.5 Å². The number of pyridine rings is 1. The van der Waals surface area contributed by atoms with Crippen LogP contribution in [0, 0.1) is 11.7 Å². The largest absolute Gasteiger partial charge is 0.492 e. The molecule has 1 aliphatic carbocycles. The van der Waals surface area contributed by atoms with Crippen molar-refractivity contribution < 1.29 is 9.13 Å². The fourth-order valence-electron chi connectivity index (χ4n) is 4.92. The average molecular weight is 459 g/mol. The molecule has 180 valence electrons. The third-order valence-electron chi connectivity index (χ3n) is 6.76. The third kappa shape index (κ3) is 5.79. The smallest absolute Gasteiger partial charge is 0.237 e. The monoisotopic (exact) mass is 458 g/mol. The number of halogens is 1. The summed E-state index contributed by atoms with van der Waals surface area (Å²) in [6.45, 7) is 5.55. The van der Waals surface area contributed by atoms with Crippen LogP contribution in [0.4, 0.5) is 28.1 Å². The first-order valence-corrected chi connectivity index (χ1v) is 12.0. The molecule has 0 radical (unpaired) electrons. The highest BCUT2D eigenvalue weighted by atomic mass is 19.1. The van der Waals surface area contributed by atoms with E-state index in [4.69, 9.17) is 10.5 Å². The van der Waals surface area contributed by atoms with Gasteiger partial charge in [-0.3, -0.25) is 9.80 Å². The van der Waals surface area contributed by atoms with Crippen LogP contribution in [0.5, 0.6) is 5.75 Å². The minimum atomic E-state index is -0.482. The Morgan fingerprint density at radius 3 is 2.73 bits per heavy atom. The molecule has 2 fully saturated rings. The number of methoxy groups -OCH3 is 1. The molecule has 1 unspecified atom stereocenters. The maximum Gasteiger partial charge on any atom is 0.237 e. The van der Waals surface area contributed by atoms with Gasteiger partial charge in [0.15, 0.2) is 11.6 Å². The molecule has 2 aromatic heterocycles. The SMILES string of the molecule is CCN1CCCC1CN(c1cc(F)c(OC)cn1)c1nc(N)nc(NCC2CCCCC2)n1. The Kier molecular flexibility index (Phi) is 7.74. The molecule has 2 aliphatic rings. The molecule has 1 saturated carbocycles. The molecular weight excluding hydrogens is 423 g/mol. The molecule has 1 atom stereocenters. The van der Waals surface area contributed by atoms with Crippen molar-refractivity contribution in [1.82, 2.24) is 24.8 Å². The molecule has 33 heavy (non-hydrogen) atoms. The minimum Gasteiger partial charge on any atom is -0.492 e. The molecule has 0 amide bonds. The van der Waals surface area contributed by atoms with Gasteiger partial charge in [-0.15, -0.1) is 0 Å². The summed E-state index contributed by atoms with van der Waals surface area (Å²) in [5.74, 6) is 1.59. The van der Waals surface area contributed by atoms with Gasteiger partial charge in [-0.05, 0) is 44.7 Å². The van der Waals surface area contributed by atoms with Crippen LogP contribution in [0.15, 0.2) is 12.3 Å². The van der Waals surface area contributed by atoms with Gasteiger partial charge in [0, 0.05) is 25.2 Å². The maximum atomic E-state index is 14.6. The minimum absolute atomic E-state index is 0.0970. The van der Waals surface area contributed by atoms with E-state index >= 15 is 0 Å². The normalized spacial score (nSPS) is 19.5. The summed E-state index contributed by atoms with van der Waals surface area (Å²) in [5.41, 5.74) is 6.07. The number of nitrogens with one attached hydrogen (secondary N) is 1. The number of likely N-dealkylation sites (N-methyl/N-ethyl adjacent to an activating group) is 1. The van der Waals surface area contributed by atoms with Crippen molar-refractivity contribution in [2.24, 2.45) is 5.92 Å². The van der Waals surface area contributed by atoms with Crippen molar-refractivity contribution >= 4 is 23.7 Å². The number of hydrogen-bond donors (Lipinski definition) is 2. The van der Waals surface area contributed by atoms with E-state index < -0.39 is 5.82 Å². The Hall–Kier alpha value is -2.75. The lowest BCUT2D eigenvalue weighted by Gasteiger charge is -2.30. The van der Waals surface area contributed by atoms with Gasteiger partial charge in [0.05, 0.1) is 13.3 Å². The molecule has 0 bridgehead atoms. The van der Waals surface area contributed by atoms with Gasteiger partial charge in [0.2, 0.25) is 17.8 Å². The summed E-state index contributed by atoms with van der Waals surface area (Å²) >= 11 is 0. The Bertz CT molecular complexity index is 923. The van der Waals surface area contributed by atoms with Crippen molar-refractivity contribution in [2.45, 2.75) is 57.9 Å². The molecule has 3 N–H and O–H groups in total. The molecule has 3 heterocycles. The van der Waals surface area contributed by atoms with Crippen LogP contribution in [0.1, 0.15) is 51.9 Å². The van der Waals surface area contributed by atoms with E-state index in [2.05, 4.69) is 37.1 Å². The highest BCUT2D eigenvalue weighted by Crippen LogP contribution is 2.29. The Morgan fingerprint density at radius 1 is 1.18 bits per heavy atom. The number of likely N-dealkylation sites (tertiary alicyclic amines) is 1. The molecule has 0 aromatic carbocycles. The van der Waals surface area contributed by atoms with E-state index in [0.29, 0.717) is 36.2 Å². The van der Waals surface area contributed by atoms with Gasteiger partial charge in [0.1, 0.15) is 5.82 Å². The van der Waals surface area contributed by atoms with E-state index in [9.17, 15) is 4.39 Å². The second kappa shape index (κ2) is 10.9. The fraction of sp³-hybridized carbons (Fsp3) is 0.652. The molecule has 9 nitrogen and oxygen atoms in total. The summed E-state index contributed by atoms with van der Waals surface area (Å²) in [4.78, 5) is 22.0.